The van der Waals surface area contributed by atoms with Crippen molar-refractivity contribution in [1.29, 1.82) is 0 Å². The SMILES string of the molecule is CCCNCc1cnc(Sc2nnnn2C)nc1. The fourth-order valence-corrected chi connectivity index (χ4v) is 1.91. The molecule has 2 aromatic heterocycles. The molecule has 0 bridgehead atoms. The van der Waals surface area contributed by atoms with Crippen molar-refractivity contribution in [2.75, 3.05) is 6.54 Å². The molecule has 0 spiro atoms. The minimum atomic E-state index is 0.646. The van der Waals surface area contributed by atoms with E-state index in [0.717, 1.165) is 25.1 Å². The maximum atomic E-state index is 4.28. The summed E-state index contributed by atoms with van der Waals surface area (Å²) in [5.74, 6) is 0. The highest BCUT2D eigenvalue weighted by atomic mass is 32.2. The van der Waals surface area contributed by atoms with E-state index in [2.05, 4.69) is 37.7 Å². The molecule has 7 nitrogen and oxygen atoms in total. The van der Waals surface area contributed by atoms with Crippen LogP contribution in [0.3, 0.4) is 0 Å². The largest absolute Gasteiger partial charge is 0.313 e. The number of tetrazole rings is 1. The molecule has 2 rings (SSSR count). The number of hydrogen-bond acceptors (Lipinski definition) is 7. The maximum absolute atomic E-state index is 4.28. The Kier molecular flexibility index (Phi) is 4.59. The van der Waals surface area contributed by atoms with Crippen molar-refractivity contribution < 1.29 is 0 Å². The second kappa shape index (κ2) is 6.41. The van der Waals surface area contributed by atoms with Gasteiger partial charge >= 0.3 is 0 Å². The third kappa shape index (κ3) is 3.47. The zero-order chi connectivity index (χ0) is 12.8. The Morgan fingerprint density at radius 2 is 2.11 bits per heavy atom. The van der Waals surface area contributed by atoms with Gasteiger partial charge in [-0.15, -0.1) is 5.10 Å². The Morgan fingerprint density at radius 1 is 1.33 bits per heavy atom. The van der Waals surface area contributed by atoms with Gasteiger partial charge in [0, 0.05) is 31.5 Å². The predicted octanol–water partition coefficient (Wildman–Crippen LogP) is 0.651. The molecular weight excluding hydrogens is 250 g/mol. The standard InChI is InChI=1S/C10H15N7S/c1-3-4-11-5-8-6-12-9(13-7-8)18-10-14-15-16-17(10)2/h6-7,11H,3-5H2,1-2H3. The van der Waals surface area contributed by atoms with Crippen molar-refractivity contribution in [2.45, 2.75) is 30.2 Å². The van der Waals surface area contributed by atoms with Gasteiger partial charge in [-0.05, 0) is 35.2 Å². The summed E-state index contributed by atoms with van der Waals surface area (Å²) in [4.78, 5) is 8.55. The van der Waals surface area contributed by atoms with Crippen LogP contribution in [0.1, 0.15) is 18.9 Å². The fraction of sp³-hybridized carbons (Fsp3) is 0.500. The summed E-state index contributed by atoms with van der Waals surface area (Å²) in [5, 5.41) is 15.8. The summed E-state index contributed by atoms with van der Waals surface area (Å²) in [7, 11) is 1.78. The Labute approximate surface area is 109 Å². The second-order valence-corrected chi connectivity index (χ2v) is 4.67. The zero-order valence-corrected chi connectivity index (χ0v) is 11.2. The van der Waals surface area contributed by atoms with Gasteiger partial charge in [0.25, 0.3) is 0 Å². The van der Waals surface area contributed by atoms with Crippen LogP contribution in [0, 0.1) is 0 Å². The van der Waals surface area contributed by atoms with E-state index in [9.17, 15) is 0 Å². The van der Waals surface area contributed by atoms with Gasteiger partial charge in [0.2, 0.25) is 5.16 Å². The predicted molar refractivity (Wildman–Crippen MR) is 67.0 cm³/mol. The highest BCUT2D eigenvalue weighted by molar-refractivity contribution is 7.99. The number of nitrogens with one attached hydrogen (secondary N) is 1. The summed E-state index contributed by atoms with van der Waals surface area (Å²) in [6.07, 6.45) is 4.76. The minimum absolute atomic E-state index is 0.646. The van der Waals surface area contributed by atoms with Gasteiger partial charge in [0.15, 0.2) is 5.16 Å². The molecule has 0 aliphatic heterocycles. The molecule has 0 atom stereocenters. The van der Waals surface area contributed by atoms with Gasteiger partial charge in [0.05, 0.1) is 0 Å². The molecule has 0 fully saturated rings. The Balaban J connectivity index is 1.93. The van der Waals surface area contributed by atoms with E-state index in [1.807, 2.05) is 12.4 Å². The van der Waals surface area contributed by atoms with Crippen molar-refractivity contribution in [2.24, 2.45) is 7.05 Å². The molecule has 0 aliphatic carbocycles. The fourth-order valence-electron chi connectivity index (χ4n) is 1.29. The van der Waals surface area contributed by atoms with Crippen LogP contribution in [0.2, 0.25) is 0 Å². The highest BCUT2D eigenvalue weighted by Gasteiger charge is 2.06. The number of aryl methyl sites for hydroxylation is 1. The van der Waals surface area contributed by atoms with Gasteiger partial charge in [0.1, 0.15) is 0 Å². The molecule has 8 heteroatoms. The van der Waals surface area contributed by atoms with Crippen LogP contribution in [-0.4, -0.2) is 36.7 Å². The van der Waals surface area contributed by atoms with Crippen LogP contribution < -0.4 is 5.32 Å². The Bertz CT molecular complexity index is 481. The summed E-state index contributed by atoms with van der Waals surface area (Å²) < 4.78 is 1.59. The normalized spacial score (nSPS) is 10.8. The van der Waals surface area contributed by atoms with Crippen molar-refractivity contribution >= 4 is 11.8 Å². The third-order valence-electron chi connectivity index (χ3n) is 2.20. The molecule has 0 unspecified atom stereocenters. The molecule has 2 heterocycles. The topological polar surface area (TPSA) is 81.4 Å². The summed E-state index contributed by atoms with van der Waals surface area (Å²) >= 11 is 1.34. The average molecular weight is 265 g/mol. The van der Waals surface area contributed by atoms with E-state index in [1.165, 1.54) is 11.8 Å². The first-order chi connectivity index (χ1) is 8.79. The monoisotopic (exact) mass is 265 g/mol. The van der Waals surface area contributed by atoms with Gasteiger partial charge in [-0.25, -0.2) is 14.6 Å². The molecule has 1 N–H and O–H groups in total. The van der Waals surface area contributed by atoms with E-state index in [-0.39, 0.29) is 0 Å². The number of rotatable bonds is 6. The van der Waals surface area contributed by atoms with Crippen molar-refractivity contribution in [3.8, 4) is 0 Å². The van der Waals surface area contributed by atoms with Crippen molar-refractivity contribution in [3.05, 3.63) is 18.0 Å². The lowest BCUT2D eigenvalue weighted by molar-refractivity contribution is 0.662. The average Bonchev–Trinajstić information content (AvgIpc) is 2.78. The van der Waals surface area contributed by atoms with E-state index in [0.29, 0.717) is 10.3 Å². The maximum Gasteiger partial charge on any atom is 0.216 e. The first kappa shape index (κ1) is 12.9. The lowest BCUT2D eigenvalue weighted by Gasteiger charge is -2.03. The van der Waals surface area contributed by atoms with E-state index in [1.54, 1.807) is 11.7 Å². The first-order valence-electron chi connectivity index (χ1n) is 5.71. The smallest absolute Gasteiger partial charge is 0.216 e. The van der Waals surface area contributed by atoms with Crippen LogP contribution in [0.25, 0.3) is 0 Å². The molecule has 0 saturated carbocycles. The van der Waals surface area contributed by atoms with E-state index < -0.39 is 0 Å². The molecule has 0 aliphatic rings. The second-order valence-electron chi connectivity index (χ2n) is 3.74. The minimum Gasteiger partial charge on any atom is -0.313 e. The molecule has 0 aromatic carbocycles. The number of aromatic nitrogens is 6. The number of hydrogen-bond donors (Lipinski definition) is 1. The molecule has 0 radical (unpaired) electrons. The molecule has 0 amide bonds. The first-order valence-corrected chi connectivity index (χ1v) is 6.53. The van der Waals surface area contributed by atoms with Gasteiger partial charge in [-0.3, -0.25) is 0 Å². The molecule has 96 valence electrons. The Morgan fingerprint density at radius 3 is 2.72 bits per heavy atom. The summed E-state index contributed by atoms with van der Waals surface area (Å²) in [6.45, 7) is 3.93. The van der Waals surface area contributed by atoms with Crippen LogP contribution in [0.15, 0.2) is 22.7 Å². The Hall–Kier alpha value is -1.54. The molecule has 2 aromatic rings. The summed E-state index contributed by atoms with van der Waals surface area (Å²) in [5.41, 5.74) is 1.07. The lowest BCUT2D eigenvalue weighted by Crippen LogP contribution is -2.14. The molecule has 18 heavy (non-hydrogen) atoms. The van der Waals surface area contributed by atoms with Crippen LogP contribution in [0.4, 0.5) is 0 Å². The highest BCUT2D eigenvalue weighted by Crippen LogP contribution is 2.19. The summed E-state index contributed by atoms with van der Waals surface area (Å²) in [6, 6.07) is 0. The van der Waals surface area contributed by atoms with Crippen LogP contribution >= 0.6 is 11.8 Å². The van der Waals surface area contributed by atoms with Gasteiger partial charge < -0.3 is 5.32 Å². The lowest BCUT2D eigenvalue weighted by atomic mass is 10.3. The quantitative estimate of drug-likeness (QED) is 0.606. The van der Waals surface area contributed by atoms with Crippen LogP contribution in [0.5, 0.6) is 0 Å². The van der Waals surface area contributed by atoms with Crippen LogP contribution in [-0.2, 0) is 13.6 Å². The van der Waals surface area contributed by atoms with Crippen molar-refractivity contribution in [1.82, 2.24) is 35.5 Å². The van der Waals surface area contributed by atoms with E-state index in [4.69, 9.17) is 0 Å². The van der Waals surface area contributed by atoms with Crippen molar-refractivity contribution in [3.63, 3.8) is 0 Å². The van der Waals surface area contributed by atoms with Gasteiger partial charge in [-0.2, -0.15) is 0 Å². The molecule has 0 saturated heterocycles. The van der Waals surface area contributed by atoms with Gasteiger partial charge in [-0.1, -0.05) is 6.92 Å². The number of nitrogens with zero attached hydrogens (tertiary/aromatic N) is 6. The third-order valence-corrected chi connectivity index (χ3v) is 3.12. The zero-order valence-electron chi connectivity index (χ0n) is 10.4. The van der Waals surface area contributed by atoms with E-state index >= 15 is 0 Å². The molecular formula is C10H15N7S.